The lowest BCUT2D eigenvalue weighted by atomic mass is 10.1. The molecule has 0 spiro atoms. The number of nitrogens with zero attached hydrogens (tertiary/aromatic N) is 3. The van der Waals surface area contributed by atoms with E-state index in [1.807, 2.05) is 0 Å². The maximum Gasteiger partial charge on any atom is 0.322 e. The number of phenols is 1. The summed E-state index contributed by atoms with van der Waals surface area (Å²) in [6.07, 6.45) is 0. The molecule has 1 heterocycles. The molecule has 2 aromatic carbocycles. The van der Waals surface area contributed by atoms with Gasteiger partial charge in [0.15, 0.2) is 0 Å². The molecule has 0 saturated heterocycles. The SMILES string of the molecule is COc1nc(Cl)nc(Nc2cc(S(=O)(=O)O)cc3cc(S(=O)(=O)O)cc(O)c23)n1. The van der Waals surface area contributed by atoms with Gasteiger partial charge in [-0.2, -0.15) is 31.8 Å². The van der Waals surface area contributed by atoms with Crippen molar-refractivity contribution in [1.82, 2.24) is 15.0 Å². The third-order valence-electron chi connectivity index (χ3n) is 3.59. The molecule has 0 radical (unpaired) electrons. The maximum absolute atomic E-state index is 11.6. The lowest BCUT2D eigenvalue weighted by molar-refractivity contribution is 0.379. The highest BCUT2D eigenvalue weighted by molar-refractivity contribution is 7.86. The van der Waals surface area contributed by atoms with Gasteiger partial charge in [-0.25, -0.2) is 0 Å². The number of rotatable bonds is 5. The zero-order chi connectivity index (χ0) is 21.6. The molecule has 0 aliphatic rings. The van der Waals surface area contributed by atoms with E-state index in [2.05, 4.69) is 20.3 Å². The second kappa shape index (κ2) is 7.23. The molecule has 0 aliphatic carbocycles. The van der Waals surface area contributed by atoms with Gasteiger partial charge in [-0.3, -0.25) is 9.11 Å². The molecule has 3 rings (SSSR count). The first-order chi connectivity index (χ1) is 13.4. The van der Waals surface area contributed by atoms with E-state index in [0.717, 1.165) is 24.3 Å². The Morgan fingerprint density at radius 2 is 1.55 bits per heavy atom. The third-order valence-corrected chi connectivity index (χ3v) is 5.42. The van der Waals surface area contributed by atoms with E-state index in [1.54, 1.807) is 0 Å². The number of halogens is 1. The van der Waals surface area contributed by atoms with Crippen LogP contribution in [0, 0.1) is 0 Å². The maximum atomic E-state index is 11.6. The molecule has 0 fully saturated rings. The van der Waals surface area contributed by atoms with Gasteiger partial charge in [0.05, 0.1) is 22.6 Å². The van der Waals surface area contributed by atoms with Crippen LogP contribution < -0.4 is 10.1 Å². The van der Waals surface area contributed by atoms with Crippen LogP contribution in [0.4, 0.5) is 11.6 Å². The Morgan fingerprint density at radius 1 is 0.966 bits per heavy atom. The summed E-state index contributed by atoms with van der Waals surface area (Å²) in [6, 6.07) is 3.36. The molecule has 15 heteroatoms. The van der Waals surface area contributed by atoms with Crippen molar-refractivity contribution < 1.29 is 35.8 Å². The predicted octanol–water partition coefficient (Wildman–Crippen LogP) is 1.63. The molecule has 3 aromatic rings. The van der Waals surface area contributed by atoms with E-state index in [1.165, 1.54) is 7.11 Å². The number of nitrogens with one attached hydrogen (secondary N) is 1. The highest BCUT2D eigenvalue weighted by atomic mass is 35.5. The minimum atomic E-state index is -4.73. The van der Waals surface area contributed by atoms with Gasteiger partial charge in [-0.05, 0) is 35.2 Å². The molecular formula is C14H11ClN4O8S2. The summed E-state index contributed by atoms with van der Waals surface area (Å²) in [5.74, 6) is -0.819. The fourth-order valence-electron chi connectivity index (χ4n) is 2.43. The van der Waals surface area contributed by atoms with Crippen molar-refractivity contribution in [2.45, 2.75) is 9.79 Å². The minimum Gasteiger partial charge on any atom is -0.507 e. The summed E-state index contributed by atoms with van der Waals surface area (Å²) in [7, 11) is -8.17. The normalized spacial score (nSPS) is 12.1. The van der Waals surface area contributed by atoms with Gasteiger partial charge in [0.1, 0.15) is 5.75 Å². The molecule has 0 saturated carbocycles. The summed E-state index contributed by atoms with van der Waals surface area (Å²) in [6.45, 7) is 0. The van der Waals surface area contributed by atoms with Crippen molar-refractivity contribution in [2.24, 2.45) is 0 Å². The van der Waals surface area contributed by atoms with Crippen molar-refractivity contribution in [3.05, 3.63) is 29.5 Å². The standard InChI is InChI=1S/C14H11ClN4O8S2/c1-27-14-18-12(15)17-13(19-14)16-9-4-7(28(21,22)23)2-6-3-8(29(24,25)26)5-10(20)11(6)9/h2-5,20H,1H3,(H,21,22,23)(H,24,25,26)(H,16,17,18,19). The van der Waals surface area contributed by atoms with E-state index in [9.17, 15) is 31.0 Å². The average Bonchev–Trinajstić information content (AvgIpc) is 2.58. The molecule has 154 valence electrons. The number of fused-ring (bicyclic) bond motifs is 1. The summed E-state index contributed by atoms with van der Waals surface area (Å²) in [5, 5.41) is 12.4. The topological polar surface area (TPSA) is 189 Å². The summed E-state index contributed by atoms with van der Waals surface area (Å²) in [5.41, 5.74) is -0.126. The molecule has 29 heavy (non-hydrogen) atoms. The highest BCUT2D eigenvalue weighted by Gasteiger charge is 2.20. The van der Waals surface area contributed by atoms with E-state index >= 15 is 0 Å². The van der Waals surface area contributed by atoms with Gasteiger partial charge < -0.3 is 15.2 Å². The number of methoxy groups -OCH3 is 1. The first-order valence-corrected chi connectivity index (χ1v) is 10.6. The Hall–Kier alpha value is -2.78. The Labute approximate surface area is 168 Å². The molecule has 1 aromatic heterocycles. The average molecular weight is 463 g/mol. The predicted molar refractivity (Wildman–Crippen MR) is 99.9 cm³/mol. The van der Waals surface area contributed by atoms with Crippen molar-refractivity contribution in [3.63, 3.8) is 0 Å². The fraction of sp³-hybridized carbons (Fsp3) is 0.0714. The van der Waals surface area contributed by atoms with Crippen LogP contribution >= 0.6 is 11.6 Å². The van der Waals surface area contributed by atoms with Gasteiger partial charge in [0.2, 0.25) is 11.2 Å². The quantitative estimate of drug-likeness (QED) is 0.401. The van der Waals surface area contributed by atoms with Crippen LogP contribution in [0.5, 0.6) is 11.8 Å². The molecule has 0 amide bonds. The summed E-state index contributed by atoms with van der Waals surface area (Å²) < 4.78 is 69.5. The number of hydrogen-bond acceptors (Lipinski definition) is 10. The zero-order valence-corrected chi connectivity index (χ0v) is 16.6. The number of aromatic hydroxyl groups is 1. The van der Waals surface area contributed by atoms with Crippen LogP contribution in [0.15, 0.2) is 34.1 Å². The highest BCUT2D eigenvalue weighted by Crippen LogP contribution is 2.37. The van der Waals surface area contributed by atoms with Crippen molar-refractivity contribution in [1.29, 1.82) is 0 Å². The largest absolute Gasteiger partial charge is 0.507 e. The van der Waals surface area contributed by atoms with E-state index in [0.29, 0.717) is 0 Å². The number of anilines is 2. The number of hydrogen-bond donors (Lipinski definition) is 4. The summed E-state index contributed by atoms with van der Waals surface area (Å²) in [4.78, 5) is 10.00. The van der Waals surface area contributed by atoms with Crippen LogP contribution in [0.3, 0.4) is 0 Å². The first-order valence-electron chi connectivity index (χ1n) is 7.37. The van der Waals surface area contributed by atoms with Crippen LogP contribution in [0.25, 0.3) is 10.8 Å². The number of aromatic nitrogens is 3. The van der Waals surface area contributed by atoms with Gasteiger partial charge in [-0.15, -0.1) is 0 Å². The Bertz CT molecular complexity index is 1340. The second-order valence-electron chi connectivity index (χ2n) is 5.50. The monoisotopic (exact) mass is 462 g/mol. The van der Waals surface area contributed by atoms with Crippen molar-refractivity contribution in [3.8, 4) is 11.8 Å². The van der Waals surface area contributed by atoms with Crippen molar-refractivity contribution >= 4 is 54.2 Å². The molecule has 0 aliphatic heterocycles. The van der Waals surface area contributed by atoms with Crippen LogP contribution in [-0.2, 0) is 20.2 Å². The van der Waals surface area contributed by atoms with E-state index in [-0.39, 0.29) is 33.7 Å². The molecular weight excluding hydrogens is 452 g/mol. The van der Waals surface area contributed by atoms with Crippen molar-refractivity contribution in [2.75, 3.05) is 12.4 Å². The first kappa shape index (κ1) is 20.9. The van der Waals surface area contributed by atoms with Gasteiger partial charge in [0.25, 0.3) is 20.2 Å². The van der Waals surface area contributed by atoms with Gasteiger partial charge in [0, 0.05) is 11.5 Å². The Morgan fingerprint density at radius 3 is 2.10 bits per heavy atom. The minimum absolute atomic E-state index is 0.0553. The lowest BCUT2D eigenvalue weighted by Gasteiger charge is -2.13. The fourth-order valence-corrected chi connectivity index (χ4v) is 3.67. The zero-order valence-electron chi connectivity index (χ0n) is 14.2. The van der Waals surface area contributed by atoms with Gasteiger partial charge >= 0.3 is 6.01 Å². The van der Waals surface area contributed by atoms with Crippen LogP contribution in [0.2, 0.25) is 5.28 Å². The van der Waals surface area contributed by atoms with E-state index < -0.39 is 35.8 Å². The van der Waals surface area contributed by atoms with Crippen LogP contribution in [-0.4, -0.2) is 53.1 Å². The number of benzene rings is 2. The lowest BCUT2D eigenvalue weighted by Crippen LogP contribution is -2.05. The smallest absolute Gasteiger partial charge is 0.322 e. The Balaban J connectivity index is 2.31. The number of ether oxygens (including phenoxy) is 1. The molecule has 0 atom stereocenters. The molecule has 0 unspecified atom stereocenters. The molecule has 0 bridgehead atoms. The van der Waals surface area contributed by atoms with Gasteiger partial charge in [-0.1, -0.05) is 0 Å². The van der Waals surface area contributed by atoms with Crippen LogP contribution in [0.1, 0.15) is 0 Å². The van der Waals surface area contributed by atoms with E-state index in [4.69, 9.17) is 16.3 Å². The molecule has 4 N–H and O–H groups in total. The summed E-state index contributed by atoms with van der Waals surface area (Å²) >= 11 is 5.76. The third kappa shape index (κ3) is 4.46. The number of phenolic OH excluding ortho intramolecular Hbond substituents is 1. The molecule has 12 nitrogen and oxygen atoms in total. The second-order valence-corrected chi connectivity index (χ2v) is 8.68. The Kier molecular flexibility index (Phi) is 5.22.